The molecule has 0 aliphatic heterocycles. The van der Waals surface area contributed by atoms with E-state index < -0.39 is 11.9 Å². The Balaban J connectivity index is 1.86. The zero-order valence-electron chi connectivity index (χ0n) is 20.1. The van der Waals surface area contributed by atoms with Crippen LogP contribution in [0.4, 0.5) is 4.39 Å². The van der Waals surface area contributed by atoms with Gasteiger partial charge in [0.2, 0.25) is 11.8 Å². The van der Waals surface area contributed by atoms with Crippen molar-refractivity contribution in [2.45, 2.75) is 38.1 Å². The second-order valence-electron chi connectivity index (χ2n) is 8.30. The van der Waals surface area contributed by atoms with Gasteiger partial charge in [-0.1, -0.05) is 84.7 Å². The van der Waals surface area contributed by atoms with Crippen LogP contribution in [0, 0.1) is 5.82 Å². The van der Waals surface area contributed by atoms with Crippen molar-refractivity contribution in [2.75, 3.05) is 12.3 Å². The van der Waals surface area contributed by atoms with Gasteiger partial charge < -0.3 is 10.2 Å². The van der Waals surface area contributed by atoms with Crippen LogP contribution >= 0.6 is 35.0 Å². The van der Waals surface area contributed by atoms with Gasteiger partial charge in [-0.2, -0.15) is 0 Å². The molecule has 36 heavy (non-hydrogen) atoms. The minimum absolute atomic E-state index is 0.0570. The van der Waals surface area contributed by atoms with Gasteiger partial charge in [-0.05, 0) is 35.7 Å². The lowest BCUT2D eigenvalue weighted by molar-refractivity contribution is -0.139. The van der Waals surface area contributed by atoms with Gasteiger partial charge in [-0.3, -0.25) is 9.59 Å². The molecule has 0 aliphatic rings. The third-order valence-corrected chi connectivity index (χ3v) is 7.32. The van der Waals surface area contributed by atoms with E-state index in [2.05, 4.69) is 5.32 Å². The SMILES string of the molecule is CCCNC(=O)C(Cc1ccccc1)N(Cc1ccccc1Cl)C(=O)CSCc1c(F)cccc1Cl. The maximum atomic E-state index is 14.2. The lowest BCUT2D eigenvalue weighted by Gasteiger charge is -2.32. The van der Waals surface area contributed by atoms with Gasteiger partial charge in [0.15, 0.2) is 0 Å². The number of hydrogen-bond donors (Lipinski definition) is 1. The minimum Gasteiger partial charge on any atom is -0.354 e. The standard InChI is InChI=1S/C28H29Cl2FN2O2S/c1-2-15-32-28(35)26(16-20-9-4-3-5-10-20)33(17-21-11-6-7-12-23(21)29)27(34)19-36-18-22-24(30)13-8-14-25(22)31/h3-14,26H,2,15-19H2,1H3,(H,32,35). The summed E-state index contributed by atoms with van der Waals surface area (Å²) in [5.74, 6) is -0.566. The fourth-order valence-corrected chi connectivity index (χ4v) is 5.17. The molecule has 3 aromatic carbocycles. The zero-order valence-corrected chi connectivity index (χ0v) is 22.4. The molecule has 1 atom stereocenters. The highest BCUT2D eigenvalue weighted by molar-refractivity contribution is 7.99. The topological polar surface area (TPSA) is 49.4 Å². The average molecular weight is 548 g/mol. The number of nitrogens with zero attached hydrogens (tertiary/aromatic N) is 1. The Morgan fingerprint density at radius 1 is 0.972 bits per heavy atom. The molecule has 1 N–H and O–H groups in total. The van der Waals surface area contributed by atoms with Crippen LogP contribution in [0.1, 0.15) is 30.0 Å². The molecule has 2 amide bonds. The molecule has 0 saturated carbocycles. The molecule has 4 nitrogen and oxygen atoms in total. The number of rotatable bonds is 12. The first-order valence-corrected chi connectivity index (χ1v) is 13.7. The van der Waals surface area contributed by atoms with Gasteiger partial charge in [-0.15, -0.1) is 11.8 Å². The molecule has 0 fully saturated rings. The third kappa shape index (κ3) is 7.99. The van der Waals surface area contributed by atoms with Gasteiger partial charge in [0.1, 0.15) is 11.9 Å². The number of carbonyl (C=O) groups is 2. The van der Waals surface area contributed by atoms with Crippen molar-refractivity contribution in [2.24, 2.45) is 0 Å². The summed E-state index contributed by atoms with van der Waals surface area (Å²) >= 11 is 13.8. The van der Waals surface area contributed by atoms with Gasteiger partial charge in [0, 0.05) is 40.9 Å². The molecule has 8 heteroatoms. The van der Waals surface area contributed by atoms with E-state index in [9.17, 15) is 14.0 Å². The number of nitrogens with one attached hydrogen (secondary N) is 1. The number of thioether (sulfide) groups is 1. The van der Waals surface area contributed by atoms with E-state index in [4.69, 9.17) is 23.2 Å². The summed E-state index contributed by atoms with van der Waals surface area (Å²) in [4.78, 5) is 28.5. The molecule has 0 aliphatic carbocycles. The van der Waals surface area contributed by atoms with Gasteiger partial charge in [0.05, 0.1) is 5.75 Å². The Bertz CT molecular complexity index is 1140. The molecular formula is C28H29Cl2FN2O2S. The Labute approximate surface area is 226 Å². The van der Waals surface area contributed by atoms with Crippen LogP contribution in [0.2, 0.25) is 10.0 Å². The predicted octanol–water partition coefficient (Wildman–Crippen LogP) is 6.53. The van der Waals surface area contributed by atoms with Gasteiger partial charge in [0.25, 0.3) is 0 Å². The van der Waals surface area contributed by atoms with Crippen LogP contribution in [0.15, 0.2) is 72.8 Å². The van der Waals surface area contributed by atoms with E-state index >= 15 is 0 Å². The summed E-state index contributed by atoms with van der Waals surface area (Å²) < 4.78 is 14.2. The van der Waals surface area contributed by atoms with Crippen LogP contribution in [0.25, 0.3) is 0 Å². The average Bonchev–Trinajstić information content (AvgIpc) is 2.88. The first-order chi connectivity index (χ1) is 17.4. The Morgan fingerprint density at radius 3 is 2.36 bits per heavy atom. The highest BCUT2D eigenvalue weighted by Gasteiger charge is 2.30. The molecule has 3 rings (SSSR count). The van der Waals surface area contributed by atoms with Crippen molar-refractivity contribution in [3.8, 4) is 0 Å². The molecule has 0 heterocycles. The molecule has 0 aromatic heterocycles. The van der Waals surface area contributed by atoms with Crippen molar-refractivity contribution in [1.82, 2.24) is 10.2 Å². The zero-order chi connectivity index (χ0) is 25.9. The molecule has 3 aromatic rings. The molecule has 190 valence electrons. The number of carbonyl (C=O) groups excluding carboxylic acids is 2. The third-order valence-electron chi connectivity index (χ3n) is 5.65. The van der Waals surface area contributed by atoms with E-state index in [0.717, 1.165) is 17.5 Å². The summed E-state index contributed by atoms with van der Waals surface area (Å²) in [6.45, 7) is 2.67. The maximum Gasteiger partial charge on any atom is 0.243 e. The largest absolute Gasteiger partial charge is 0.354 e. The van der Waals surface area contributed by atoms with Crippen LogP contribution < -0.4 is 5.32 Å². The molecule has 1 unspecified atom stereocenters. The second kappa shape index (κ2) is 14.3. The summed E-state index contributed by atoms with van der Waals surface area (Å²) in [5.41, 5.74) is 2.05. The van der Waals surface area contributed by atoms with Crippen LogP contribution in [-0.2, 0) is 28.3 Å². The van der Waals surface area contributed by atoms with Crippen LogP contribution in [-0.4, -0.2) is 35.1 Å². The molecule has 0 radical (unpaired) electrons. The fourth-order valence-electron chi connectivity index (χ4n) is 3.72. The van der Waals surface area contributed by atoms with Crippen molar-refractivity contribution < 1.29 is 14.0 Å². The van der Waals surface area contributed by atoms with Crippen molar-refractivity contribution >= 4 is 46.8 Å². The Morgan fingerprint density at radius 2 is 1.67 bits per heavy atom. The Kier molecular flexibility index (Phi) is 11.1. The lowest BCUT2D eigenvalue weighted by Crippen LogP contribution is -2.51. The normalized spacial score (nSPS) is 11.7. The summed E-state index contributed by atoms with van der Waals surface area (Å²) in [6, 6.07) is 20.7. The maximum absolute atomic E-state index is 14.2. The molecule has 0 spiro atoms. The lowest BCUT2D eigenvalue weighted by atomic mass is 10.0. The molecule has 0 bridgehead atoms. The molecule has 0 saturated heterocycles. The van der Waals surface area contributed by atoms with E-state index in [0.29, 0.717) is 28.6 Å². The monoisotopic (exact) mass is 546 g/mol. The predicted molar refractivity (Wildman–Crippen MR) is 147 cm³/mol. The fraction of sp³-hybridized carbons (Fsp3) is 0.286. The number of halogens is 3. The highest BCUT2D eigenvalue weighted by Crippen LogP contribution is 2.25. The minimum atomic E-state index is -0.736. The Hall–Kier alpha value is -2.54. The van der Waals surface area contributed by atoms with Gasteiger partial charge in [-0.25, -0.2) is 4.39 Å². The van der Waals surface area contributed by atoms with E-state index in [1.54, 1.807) is 23.1 Å². The van der Waals surface area contributed by atoms with Crippen molar-refractivity contribution in [3.63, 3.8) is 0 Å². The summed E-state index contributed by atoms with van der Waals surface area (Å²) in [6.07, 6.45) is 1.14. The number of amides is 2. The second-order valence-corrected chi connectivity index (χ2v) is 10.1. The summed E-state index contributed by atoms with van der Waals surface area (Å²) in [7, 11) is 0. The van der Waals surface area contributed by atoms with Crippen LogP contribution in [0.5, 0.6) is 0 Å². The smallest absolute Gasteiger partial charge is 0.243 e. The summed E-state index contributed by atoms with van der Waals surface area (Å²) in [5, 5.41) is 3.79. The van der Waals surface area contributed by atoms with Gasteiger partial charge >= 0.3 is 0 Å². The number of hydrogen-bond acceptors (Lipinski definition) is 3. The van der Waals surface area contributed by atoms with Crippen LogP contribution in [0.3, 0.4) is 0 Å². The first kappa shape index (κ1) is 28.0. The highest BCUT2D eigenvalue weighted by atomic mass is 35.5. The first-order valence-electron chi connectivity index (χ1n) is 11.8. The van der Waals surface area contributed by atoms with Crippen molar-refractivity contribution in [1.29, 1.82) is 0 Å². The van der Waals surface area contributed by atoms with E-state index in [-0.39, 0.29) is 29.9 Å². The quantitative estimate of drug-likeness (QED) is 0.281. The molecular weight excluding hydrogens is 518 g/mol. The van der Waals surface area contributed by atoms with E-state index in [1.807, 2.05) is 55.5 Å². The van der Waals surface area contributed by atoms with E-state index in [1.165, 1.54) is 17.8 Å². The van der Waals surface area contributed by atoms with Crippen molar-refractivity contribution in [3.05, 3.63) is 105 Å². The number of benzene rings is 3.